The highest BCUT2D eigenvalue weighted by molar-refractivity contribution is 6.21. The molecule has 2 aromatic carbocycles. The van der Waals surface area contributed by atoms with Gasteiger partial charge in [-0.2, -0.15) is 0 Å². The fraction of sp³-hybridized carbons (Fsp3) is 0.333. The Morgan fingerprint density at radius 1 is 1.00 bits per heavy atom. The number of aryl methyl sites for hydroxylation is 1. The van der Waals surface area contributed by atoms with Crippen LogP contribution in [0.4, 0.5) is 15.8 Å². The first-order valence-electron chi connectivity index (χ1n) is 9.31. The van der Waals surface area contributed by atoms with Crippen LogP contribution >= 0.6 is 0 Å². The average Bonchev–Trinajstić information content (AvgIpc) is 2.97. The van der Waals surface area contributed by atoms with E-state index >= 15 is 0 Å². The molecule has 27 heavy (non-hydrogen) atoms. The Morgan fingerprint density at radius 3 is 2.37 bits per heavy atom. The van der Waals surface area contributed by atoms with E-state index in [0.29, 0.717) is 5.69 Å². The fourth-order valence-corrected chi connectivity index (χ4v) is 4.04. The molecule has 2 saturated heterocycles. The van der Waals surface area contributed by atoms with Crippen LogP contribution in [0.5, 0.6) is 0 Å². The highest BCUT2D eigenvalue weighted by Crippen LogP contribution is 2.23. The van der Waals surface area contributed by atoms with E-state index < -0.39 is 0 Å². The molecule has 140 valence electrons. The number of hydrogen-bond acceptors (Lipinski definition) is 3. The summed E-state index contributed by atoms with van der Waals surface area (Å²) >= 11 is 0. The zero-order valence-electron chi connectivity index (χ0n) is 15.3. The topological polar surface area (TPSA) is 45.1 Å². The highest BCUT2D eigenvalue weighted by Gasteiger charge is 2.46. The van der Waals surface area contributed by atoms with Gasteiger partial charge in [-0.05, 0) is 48.9 Å². The Hall–Kier alpha value is -2.73. The number of rotatable bonds is 3. The van der Waals surface area contributed by atoms with Crippen molar-refractivity contribution < 1.29 is 18.9 Å². The zero-order valence-corrected chi connectivity index (χ0v) is 15.3. The predicted molar refractivity (Wildman–Crippen MR) is 101 cm³/mol. The molecule has 5 nitrogen and oxygen atoms in total. The average molecular weight is 368 g/mol. The first-order chi connectivity index (χ1) is 13.0. The summed E-state index contributed by atoms with van der Waals surface area (Å²) in [6.07, 6.45) is 0.263. The van der Waals surface area contributed by atoms with Gasteiger partial charge in [-0.1, -0.05) is 12.1 Å². The summed E-state index contributed by atoms with van der Waals surface area (Å²) in [6, 6.07) is 13.7. The number of benzene rings is 2. The molecule has 0 radical (unpaired) electrons. The Balaban J connectivity index is 1.44. The van der Waals surface area contributed by atoms with Crippen molar-refractivity contribution in [1.82, 2.24) is 0 Å². The second-order valence-electron chi connectivity index (χ2n) is 7.28. The van der Waals surface area contributed by atoms with E-state index in [9.17, 15) is 14.0 Å². The van der Waals surface area contributed by atoms with Crippen molar-refractivity contribution in [2.45, 2.75) is 19.4 Å². The van der Waals surface area contributed by atoms with Crippen molar-refractivity contribution >= 4 is 23.2 Å². The molecule has 2 heterocycles. The maximum Gasteiger partial charge on any atom is 0.292 e. The Kier molecular flexibility index (Phi) is 4.66. The second kappa shape index (κ2) is 7.12. The molecule has 0 spiro atoms. The second-order valence-corrected chi connectivity index (χ2v) is 7.28. The Morgan fingerprint density at radius 2 is 1.70 bits per heavy atom. The molecule has 2 aliphatic rings. The molecule has 1 N–H and O–H groups in total. The minimum atomic E-state index is -0.312. The van der Waals surface area contributed by atoms with E-state index in [2.05, 4.69) is 4.90 Å². The number of amides is 2. The first kappa shape index (κ1) is 17.7. The summed E-state index contributed by atoms with van der Waals surface area (Å²) < 4.78 is 13.1. The number of piperazine rings is 1. The molecule has 2 amide bonds. The number of imide groups is 1. The van der Waals surface area contributed by atoms with Crippen molar-refractivity contribution in [3.63, 3.8) is 0 Å². The molecule has 6 heteroatoms. The standard InChI is InChI=1S/C21H22FN3O2/c1-15-3-2-4-18(13-15)25-20(26)14-19(21(25)27)24-11-9-23(10-12-24)17-7-5-16(22)6-8-17/h2-8,13,19H,9-12,14H2,1H3/p+1/t19-/m0/s1. The van der Waals surface area contributed by atoms with Crippen LogP contribution in [0.25, 0.3) is 0 Å². The van der Waals surface area contributed by atoms with Gasteiger partial charge in [-0.25, -0.2) is 9.29 Å². The van der Waals surface area contributed by atoms with Crippen LogP contribution in [0.1, 0.15) is 12.0 Å². The number of hydrogen-bond donors (Lipinski definition) is 1. The van der Waals surface area contributed by atoms with E-state index in [1.165, 1.54) is 17.0 Å². The molecule has 4 rings (SSSR count). The Bertz CT molecular complexity index is 860. The van der Waals surface area contributed by atoms with Gasteiger partial charge in [0.15, 0.2) is 6.04 Å². The molecule has 0 aliphatic carbocycles. The predicted octanol–water partition coefficient (Wildman–Crippen LogP) is 1.17. The third-order valence-corrected chi connectivity index (χ3v) is 5.50. The lowest BCUT2D eigenvalue weighted by Crippen LogP contribution is -3.19. The van der Waals surface area contributed by atoms with Crippen LogP contribution in [0.3, 0.4) is 0 Å². The van der Waals surface area contributed by atoms with Crippen LogP contribution in [-0.2, 0) is 9.59 Å². The molecular formula is C21H23FN3O2+. The van der Waals surface area contributed by atoms with Crippen molar-refractivity contribution in [3.05, 3.63) is 59.9 Å². The lowest BCUT2D eigenvalue weighted by atomic mass is 10.1. The minimum Gasteiger partial charge on any atom is -0.360 e. The largest absolute Gasteiger partial charge is 0.360 e. The van der Waals surface area contributed by atoms with Gasteiger partial charge in [0.1, 0.15) is 5.82 Å². The summed E-state index contributed by atoms with van der Waals surface area (Å²) in [4.78, 5) is 30.2. The normalized spacial score (nSPS) is 21.2. The number of halogens is 1. The van der Waals surface area contributed by atoms with Crippen LogP contribution in [-0.4, -0.2) is 44.0 Å². The third kappa shape index (κ3) is 3.45. The van der Waals surface area contributed by atoms with Crippen molar-refractivity contribution in [2.24, 2.45) is 0 Å². The van der Waals surface area contributed by atoms with Crippen LogP contribution in [0, 0.1) is 12.7 Å². The minimum absolute atomic E-state index is 0.101. The SMILES string of the molecule is Cc1cccc(N2C(=O)C[C@H]([NH+]3CCN(c4ccc(F)cc4)CC3)C2=O)c1. The lowest BCUT2D eigenvalue weighted by molar-refractivity contribution is -0.915. The van der Waals surface area contributed by atoms with E-state index in [4.69, 9.17) is 0 Å². The fourth-order valence-electron chi connectivity index (χ4n) is 4.04. The molecule has 0 bridgehead atoms. The van der Waals surface area contributed by atoms with Gasteiger partial charge in [0.25, 0.3) is 5.91 Å². The summed E-state index contributed by atoms with van der Waals surface area (Å²) in [5.74, 6) is -0.464. The van der Waals surface area contributed by atoms with E-state index in [1.54, 1.807) is 12.1 Å². The van der Waals surface area contributed by atoms with Gasteiger partial charge >= 0.3 is 0 Å². The molecule has 0 saturated carbocycles. The van der Waals surface area contributed by atoms with Gasteiger partial charge in [0.2, 0.25) is 5.91 Å². The molecule has 0 aromatic heterocycles. The van der Waals surface area contributed by atoms with Gasteiger partial charge in [0.05, 0.1) is 38.3 Å². The lowest BCUT2D eigenvalue weighted by Gasteiger charge is -2.35. The zero-order chi connectivity index (χ0) is 19.0. The molecule has 2 fully saturated rings. The number of nitrogens with one attached hydrogen (secondary N) is 1. The molecular weight excluding hydrogens is 345 g/mol. The molecule has 1 atom stereocenters. The van der Waals surface area contributed by atoms with E-state index in [1.807, 2.05) is 31.2 Å². The van der Waals surface area contributed by atoms with Crippen molar-refractivity contribution in [1.29, 1.82) is 0 Å². The molecule has 2 aliphatic heterocycles. The summed E-state index contributed by atoms with van der Waals surface area (Å²) in [6.45, 7) is 5.07. The van der Waals surface area contributed by atoms with Crippen molar-refractivity contribution in [3.8, 4) is 0 Å². The first-order valence-corrected chi connectivity index (χ1v) is 9.31. The molecule has 0 unspecified atom stereocenters. The van der Waals surface area contributed by atoms with Gasteiger partial charge < -0.3 is 9.80 Å². The monoisotopic (exact) mass is 368 g/mol. The summed E-state index contributed by atoms with van der Waals surface area (Å²) in [5, 5.41) is 0. The van der Waals surface area contributed by atoms with Crippen LogP contribution < -0.4 is 14.7 Å². The van der Waals surface area contributed by atoms with E-state index in [0.717, 1.165) is 42.3 Å². The van der Waals surface area contributed by atoms with Gasteiger partial charge in [-0.15, -0.1) is 0 Å². The summed E-state index contributed by atoms with van der Waals surface area (Å²) in [5.41, 5.74) is 2.68. The summed E-state index contributed by atoms with van der Waals surface area (Å²) in [7, 11) is 0. The number of quaternary nitrogens is 1. The molecule has 2 aromatic rings. The Labute approximate surface area is 158 Å². The van der Waals surface area contributed by atoms with Crippen LogP contribution in [0.2, 0.25) is 0 Å². The number of anilines is 2. The number of carbonyl (C=O) groups excluding carboxylic acids is 2. The maximum atomic E-state index is 13.1. The quantitative estimate of drug-likeness (QED) is 0.828. The van der Waals surface area contributed by atoms with Crippen LogP contribution in [0.15, 0.2) is 48.5 Å². The maximum absolute atomic E-state index is 13.1. The van der Waals surface area contributed by atoms with Crippen molar-refractivity contribution in [2.75, 3.05) is 36.0 Å². The van der Waals surface area contributed by atoms with E-state index in [-0.39, 0.29) is 30.1 Å². The third-order valence-electron chi connectivity index (χ3n) is 5.50. The number of nitrogens with zero attached hydrogens (tertiary/aromatic N) is 2. The smallest absolute Gasteiger partial charge is 0.292 e. The van der Waals surface area contributed by atoms with Gasteiger partial charge in [0, 0.05) is 5.69 Å². The highest BCUT2D eigenvalue weighted by atomic mass is 19.1. The number of carbonyl (C=O) groups is 2. The van der Waals surface area contributed by atoms with Gasteiger partial charge in [-0.3, -0.25) is 9.59 Å².